The van der Waals surface area contributed by atoms with Crippen molar-refractivity contribution in [2.75, 3.05) is 0 Å². The molecule has 20 heavy (non-hydrogen) atoms. The topological polar surface area (TPSA) is 40.5 Å². The van der Waals surface area contributed by atoms with Crippen LogP contribution < -0.4 is 0 Å². The third kappa shape index (κ3) is 26.1. The van der Waals surface area contributed by atoms with Gasteiger partial charge in [0, 0.05) is 6.42 Å². The zero-order valence-electron chi connectivity index (χ0n) is 14.2. The predicted octanol–water partition coefficient (Wildman–Crippen LogP) is 6.15. The first-order valence-electron chi connectivity index (χ1n) is 8.59. The fourth-order valence-corrected chi connectivity index (χ4v) is 1.98. The van der Waals surface area contributed by atoms with Crippen LogP contribution in [-0.4, -0.2) is 16.3 Å². The van der Waals surface area contributed by atoms with Crippen molar-refractivity contribution in [3.63, 3.8) is 0 Å². The smallest absolute Gasteiger partial charge is 0.0851 e. The Labute approximate surface area is 127 Å². The highest BCUT2D eigenvalue weighted by atomic mass is 16.3. The van der Waals surface area contributed by atoms with E-state index in [1.54, 1.807) is 0 Å². The average Bonchev–Trinajstić information content (AvgIpc) is 2.38. The average molecular weight is 286 g/mol. The number of aliphatic hydroxyl groups is 2. The lowest BCUT2D eigenvalue weighted by molar-refractivity contribution is 0.180. The molecule has 1 atom stereocenters. The second-order valence-corrected chi connectivity index (χ2v) is 5.78. The lowest BCUT2D eigenvalue weighted by Gasteiger charge is -2.02. The first kappa shape index (κ1) is 21.8. The van der Waals surface area contributed by atoms with Crippen molar-refractivity contribution in [1.82, 2.24) is 0 Å². The third-order valence-electron chi connectivity index (χ3n) is 3.29. The van der Waals surface area contributed by atoms with Gasteiger partial charge in [-0.3, -0.25) is 0 Å². The largest absolute Gasteiger partial charge is 0.513 e. The van der Waals surface area contributed by atoms with Gasteiger partial charge in [0.2, 0.25) is 0 Å². The summed E-state index contributed by atoms with van der Waals surface area (Å²) < 4.78 is 0. The van der Waals surface area contributed by atoms with Gasteiger partial charge in [-0.05, 0) is 19.8 Å². The Morgan fingerprint density at radius 2 is 1.30 bits per heavy atom. The molecule has 0 heterocycles. The highest BCUT2D eigenvalue weighted by Crippen LogP contribution is 2.07. The predicted molar refractivity (Wildman–Crippen MR) is 90.2 cm³/mol. The molecular formula is C18H38O2. The molecule has 0 saturated carbocycles. The molecule has 0 aromatic rings. The number of rotatable bonds is 12. The molecule has 0 aromatic heterocycles. The lowest BCUT2D eigenvalue weighted by atomic mass is 10.1. The van der Waals surface area contributed by atoms with Gasteiger partial charge in [-0.2, -0.15) is 0 Å². The van der Waals surface area contributed by atoms with Gasteiger partial charge in [0.05, 0.1) is 11.9 Å². The molecule has 2 heteroatoms. The van der Waals surface area contributed by atoms with E-state index in [1.165, 1.54) is 57.8 Å². The Morgan fingerprint density at radius 3 is 1.70 bits per heavy atom. The zero-order chi connectivity index (χ0) is 15.6. The van der Waals surface area contributed by atoms with E-state index >= 15 is 0 Å². The Morgan fingerprint density at radius 1 is 0.850 bits per heavy atom. The van der Waals surface area contributed by atoms with Gasteiger partial charge in [-0.25, -0.2) is 0 Å². The molecule has 0 bridgehead atoms. The lowest BCUT2D eigenvalue weighted by Crippen LogP contribution is -1.97. The first-order valence-corrected chi connectivity index (χ1v) is 8.59. The number of aliphatic hydroxyl groups excluding tert-OH is 2. The SMILES string of the molecule is C=C(O)CCCCCCC.CCCCCCC[C@@H](C)O. The van der Waals surface area contributed by atoms with E-state index in [-0.39, 0.29) is 6.10 Å². The molecule has 2 nitrogen and oxygen atoms in total. The fourth-order valence-electron chi connectivity index (χ4n) is 1.98. The van der Waals surface area contributed by atoms with Gasteiger partial charge in [-0.15, -0.1) is 0 Å². The molecule has 0 radical (unpaired) electrons. The number of allylic oxidation sites excluding steroid dienone is 1. The zero-order valence-corrected chi connectivity index (χ0v) is 14.2. The molecule has 0 aliphatic heterocycles. The van der Waals surface area contributed by atoms with E-state index in [9.17, 15) is 0 Å². The van der Waals surface area contributed by atoms with Crippen LogP contribution in [0.15, 0.2) is 12.3 Å². The summed E-state index contributed by atoms with van der Waals surface area (Å²) in [4.78, 5) is 0. The summed E-state index contributed by atoms with van der Waals surface area (Å²) in [5, 5.41) is 17.6. The first-order chi connectivity index (χ1) is 9.54. The molecule has 0 aliphatic carbocycles. The van der Waals surface area contributed by atoms with Crippen molar-refractivity contribution < 1.29 is 10.2 Å². The highest BCUT2D eigenvalue weighted by Gasteiger charge is 1.94. The van der Waals surface area contributed by atoms with Crippen molar-refractivity contribution >= 4 is 0 Å². The van der Waals surface area contributed by atoms with E-state index in [0.717, 1.165) is 19.3 Å². The summed E-state index contributed by atoms with van der Waals surface area (Å²) in [7, 11) is 0. The molecular weight excluding hydrogens is 248 g/mol. The van der Waals surface area contributed by atoms with Crippen LogP contribution in [0.25, 0.3) is 0 Å². The minimum atomic E-state index is -0.0957. The van der Waals surface area contributed by atoms with Gasteiger partial charge < -0.3 is 10.2 Å². The Kier molecular flexibility index (Phi) is 20.2. The summed E-state index contributed by atoms with van der Waals surface area (Å²) in [6, 6.07) is 0. The van der Waals surface area contributed by atoms with E-state index in [1.807, 2.05) is 6.92 Å². The van der Waals surface area contributed by atoms with Gasteiger partial charge in [0.25, 0.3) is 0 Å². The summed E-state index contributed by atoms with van der Waals surface area (Å²) >= 11 is 0. The van der Waals surface area contributed by atoms with Crippen LogP contribution in [0.1, 0.15) is 97.8 Å². The molecule has 0 rings (SSSR count). The molecule has 0 unspecified atom stereocenters. The Bertz CT molecular complexity index is 188. The van der Waals surface area contributed by atoms with Crippen LogP contribution >= 0.6 is 0 Å². The van der Waals surface area contributed by atoms with Gasteiger partial charge in [-0.1, -0.05) is 78.2 Å². The van der Waals surface area contributed by atoms with Crippen LogP contribution in [0.4, 0.5) is 0 Å². The number of hydrogen-bond donors (Lipinski definition) is 2. The number of unbranched alkanes of at least 4 members (excludes halogenated alkanes) is 8. The minimum absolute atomic E-state index is 0.0957. The maximum absolute atomic E-state index is 8.91. The van der Waals surface area contributed by atoms with E-state index in [4.69, 9.17) is 10.2 Å². The van der Waals surface area contributed by atoms with Crippen LogP contribution in [0, 0.1) is 0 Å². The fraction of sp³-hybridized carbons (Fsp3) is 0.889. The molecule has 0 amide bonds. The van der Waals surface area contributed by atoms with E-state index < -0.39 is 0 Å². The van der Waals surface area contributed by atoms with Crippen LogP contribution in [0.5, 0.6) is 0 Å². The van der Waals surface area contributed by atoms with E-state index in [2.05, 4.69) is 20.4 Å². The summed E-state index contributed by atoms with van der Waals surface area (Å²) in [6.45, 7) is 9.71. The van der Waals surface area contributed by atoms with Crippen molar-refractivity contribution in [3.05, 3.63) is 12.3 Å². The monoisotopic (exact) mass is 286 g/mol. The standard InChI is InChI=1S/C9H20O.C9H18O/c2*1-3-4-5-6-7-8-9(2)10/h9-10H,3-8H2,1-2H3;10H,2-8H2,1H3/t9-;/m1./s1. The molecule has 0 spiro atoms. The molecule has 0 fully saturated rings. The van der Waals surface area contributed by atoms with Crippen molar-refractivity contribution in [1.29, 1.82) is 0 Å². The highest BCUT2D eigenvalue weighted by molar-refractivity contribution is 4.77. The van der Waals surface area contributed by atoms with Crippen molar-refractivity contribution in [2.45, 2.75) is 104 Å². The summed E-state index contributed by atoms with van der Waals surface area (Å²) in [5.41, 5.74) is 0. The normalized spacial score (nSPS) is 11.6. The van der Waals surface area contributed by atoms with E-state index in [0.29, 0.717) is 5.76 Å². The molecule has 0 saturated heterocycles. The second-order valence-electron chi connectivity index (χ2n) is 5.78. The maximum Gasteiger partial charge on any atom is 0.0851 e. The summed E-state index contributed by atoms with van der Waals surface area (Å²) in [6.07, 6.45) is 14.3. The van der Waals surface area contributed by atoms with Crippen LogP contribution in [-0.2, 0) is 0 Å². The van der Waals surface area contributed by atoms with Crippen LogP contribution in [0.3, 0.4) is 0 Å². The Balaban J connectivity index is 0. The quantitative estimate of drug-likeness (QED) is 0.334. The maximum atomic E-state index is 8.91. The van der Waals surface area contributed by atoms with Crippen LogP contribution in [0.2, 0.25) is 0 Å². The molecule has 122 valence electrons. The number of hydrogen-bond acceptors (Lipinski definition) is 2. The summed E-state index contributed by atoms with van der Waals surface area (Å²) in [5.74, 6) is 0.330. The van der Waals surface area contributed by atoms with Gasteiger partial charge >= 0.3 is 0 Å². The minimum Gasteiger partial charge on any atom is -0.513 e. The second kappa shape index (κ2) is 18.5. The Hall–Kier alpha value is -0.500. The van der Waals surface area contributed by atoms with Crippen molar-refractivity contribution in [2.24, 2.45) is 0 Å². The molecule has 0 aromatic carbocycles. The third-order valence-corrected chi connectivity index (χ3v) is 3.29. The molecule has 0 aliphatic rings. The van der Waals surface area contributed by atoms with Crippen molar-refractivity contribution in [3.8, 4) is 0 Å². The van der Waals surface area contributed by atoms with Gasteiger partial charge in [0.1, 0.15) is 0 Å². The molecule has 2 N–H and O–H groups in total. The van der Waals surface area contributed by atoms with Gasteiger partial charge in [0.15, 0.2) is 0 Å².